The van der Waals surface area contributed by atoms with Crippen molar-refractivity contribution in [2.45, 2.75) is 40.2 Å². The molecule has 0 radical (unpaired) electrons. The number of aromatic nitrogens is 3. The molecule has 6 heteroatoms. The number of nitrogens with zero attached hydrogens (tertiary/aromatic N) is 3. The van der Waals surface area contributed by atoms with Gasteiger partial charge in [-0.15, -0.1) is 5.10 Å². The lowest BCUT2D eigenvalue weighted by Gasteiger charge is -2.13. The molecule has 1 aromatic heterocycles. The van der Waals surface area contributed by atoms with Crippen LogP contribution in [0.3, 0.4) is 0 Å². The molecule has 0 spiro atoms. The van der Waals surface area contributed by atoms with Crippen LogP contribution >= 0.6 is 12.2 Å². The van der Waals surface area contributed by atoms with Crippen LogP contribution in [0.15, 0.2) is 0 Å². The van der Waals surface area contributed by atoms with Gasteiger partial charge in [0, 0.05) is 13.7 Å². The van der Waals surface area contributed by atoms with Gasteiger partial charge in [-0.1, -0.05) is 38.2 Å². The van der Waals surface area contributed by atoms with Crippen molar-refractivity contribution in [2.24, 2.45) is 17.6 Å². The predicted octanol–water partition coefficient (Wildman–Crippen LogP) is 1.78. The molecule has 0 fully saturated rings. The quantitative estimate of drug-likeness (QED) is 0.737. The predicted molar refractivity (Wildman–Crippen MR) is 80.1 cm³/mol. The normalized spacial score (nSPS) is 12.9. The van der Waals surface area contributed by atoms with Gasteiger partial charge in [0.25, 0.3) is 0 Å². The first-order chi connectivity index (χ1) is 8.95. The molecule has 108 valence electrons. The zero-order valence-corrected chi connectivity index (χ0v) is 13.0. The summed E-state index contributed by atoms with van der Waals surface area (Å²) in [4.78, 5) is 0.324. The van der Waals surface area contributed by atoms with Gasteiger partial charge in [0.15, 0.2) is 0 Å². The number of hydrogen-bond donors (Lipinski definition) is 1. The molecular weight excluding hydrogens is 260 g/mol. The summed E-state index contributed by atoms with van der Waals surface area (Å²) in [5, 5.41) is 8.29. The van der Waals surface area contributed by atoms with E-state index in [-0.39, 0.29) is 0 Å². The van der Waals surface area contributed by atoms with Crippen molar-refractivity contribution in [3.8, 4) is 0 Å². The largest absolute Gasteiger partial charge is 0.388 e. The third kappa shape index (κ3) is 4.87. The van der Waals surface area contributed by atoms with Crippen LogP contribution in [-0.2, 0) is 17.7 Å². The lowest BCUT2D eigenvalue weighted by molar-refractivity contribution is 0.148. The van der Waals surface area contributed by atoms with E-state index in [0.29, 0.717) is 29.1 Å². The van der Waals surface area contributed by atoms with Crippen molar-refractivity contribution in [1.82, 2.24) is 15.0 Å². The summed E-state index contributed by atoms with van der Waals surface area (Å²) in [6.07, 6.45) is 1.97. The van der Waals surface area contributed by atoms with Gasteiger partial charge in [-0.25, -0.2) is 4.68 Å². The highest BCUT2D eigenvalue weighted by molar-refractivity contribution is 7.80. The zero-order valence-electron chi connectivity index (χ0n) is 12.2. The first-order valence-electron chi connectivity index (χ1n) is 6.66. The van der Waals surface area contributed by atoms with Crippen molar-refractivity contribution >= 4 is 17.2 Å². The van der Waals surface area contributed by atoms with Gasteiger partial charge in [-0.05, 0) is 24.7 Å². The molecule has 0 saturated heterocycles. The molecule has 0 aliphatic rings. The Hall–Kier alpha value is -1.01. The average Bonchev–Trinajstić information content (AvgIpc) is 2.69. The molecule has 0 amide bonds. The SMILES string of the molecule is COCC(C)Cn1nnc(C(N)=S)c1CCC(C)C. The molecule has 19 heavy (non-hydrogen) atoms. The second-order valence-corrected chi connectivity index (χ2v) is 5.86. The van der Waals surface area contributed by atoms with Crippen molar-refractivity contribution in [2.75, 3.05) is 13.7 Å². The van der Waals surface area contributed by atoms with E-state index in [0.717, 1.165) is 25.1 Å². The monoisotopic (exact) mass is 284 g/mol. The van der Waals surface area contributed by atoms with Gasteiger partial charge in [-0.3, -0.25) is 0 Å². The number of hydrogen-bond acceptors (Lipinski definition) is 4. The first-order valence-corrected chi connectivity index (χ1v) is 7.07. The smallest absolute Gasteiger partial charge is 0.143 e. The van der Waals surface area contributed by atoms with Crippen LogP contribution in [0.25, 0.3) is 0 Å². The highest BCUT2D eigenvalue weighted by Gasteiger charge is 2.16. The van der Waals surface area contributed by atoms with Crippen LogP contribution in [0, 0.1) is 11.8 Å². The molecule has 0 saturated carbocycles. The fourth-order valence-electron chi connectivity index (χ4n) is 1.98. The Morgan fingerprint density at radius 1 is 1.42 bits per heavy atom. The Labute approximate surface area is 120 Å². The fraction of sp³-hybridized carbons (Fsp3) is 0.769. The molecule has 2 N–H and O–H groups in total. The van der Waals surface area contributed by atoms with Crippen LogP contribution < -0.4 is 5.73 Å². The zero-order chi connectivity index (χ0) is 14.4. The molecular formula is C13H24N4OS. The molecule has 1 unspecified atom stereocenters. The highest BCUT2D eigenvalue weighted by Crippen LogP contribution is 2.14. The number of nitrogens with two attached hydrogens (primary N) is 1. The number of ether oxygens (including phenoxy) is 1. The molecule has 1 aromatic rings. The maximum Gasteiger partial charge on any atom is 0.143 e. The van der Waals surface area contributed by atoms with E-state index < -0.39 is 0 Å². The summed E-state index contributed by atoms with van der Waals surface area (Å²) >= 11 is 5.04. The standard InChI is InChI=1S/C13H24N4OS/c1-9(2)5-6-11-12(13(14)19)15-16-17(11)7-10(3)8-18-4/h9-10H,5-8H2,1-4H3,(H2,14,19). The minimum atomic E-state index is 0.324. The van der Waals surface area contributed by atoms with Gasteiger partial charge >= 0.3 is 0 Å². The second kappa shape index (κ2) is 7.55. The van der Waals surface area contributed by atoms with E-state index in [1.54, 1.807) is 7.11 Å². The Kier molecular flexibility index (Phi) is 6.37. The summed E-state index contributed by atoms with van der Waals surface area (Å²) in [7, 11) is 1.71. The van der Waals surface area contributed by atoms with E-state index >= 15 is 0 Å². The van der Waals surface area contributed by atoms with Gasteiger partial charge < -0.3 is 10.5 Å². The lowest BCUT2D eigenvalue weighted by atomic mass is 10.0. The van der Waals surface area contributed by atoms with Crippen molar-refractivity contribution in [3.05, 3.63) is 11.4 Å². The molecule has 0 bridgehead atoms. The van der Waals surface area contributed by atoms with Crippen LogP contribution in [0.4, 0.5) is 0 Å². The topological polar surface area (TPSA) is 66.0 Å². The van der Waals surface area contributed by atoms with Crippen molar-refractivity contribution < 1.29 is 4.74 Å². The minimum absolute atomic E-state index is 0.324. The highest BCUT2D eigenvalue weighted by atomic mass is 32.1. The molecule has 0 aromatic carbocycles. The van der Waals surface area contributed by atoms with Crippen molar-refractivity contribution in [1.29, 1.82) is 0 Å². The van der Waals surface area contributed by atoms with Crippen LogP contribution in [0.2, 0.25) is 0 Å². The number of rotatable bonds is 8. The lowest BCUT2D eigenvalue weighted by Crippen LogP contribution is -2.18. The minimum Gasteiger partial charge on any atom is -0.388 e. The van der Waals surface area contributed by atoms with Gasteiger partial charge in [0.2, 0.25) is 0 Å². The van der Waals surface area contributed by atoms with Crippen LogP contribution in [0.5, 0.6) is 0 Å². The molecule has 1 rings (SSSR count). The molecule has 1 atom stereocenters. The third-order valence-electron chi connectivity index (χ3n) is 2.97. The Morgan fingerprint density at radius 3 is 2.63 bits per heavy atom. The van der Waals surface area contributed by atoms with Crippen LogP contribution in [0.1, 0.15) is 38.6 Å². The van der Waals surface area contributed by atoms with E-state index in [9.17, 15) is 0 Å². The fourth-order valence-corrected chi connectivity index (χ4v) is 2.13. The molecule has 0 aliphatic heterocycles. The van der Waals surface area contributed by atoms with Gasteiger partial charge in [-0.2, -0.15) is 0 Å². The Morgan fingerprint density at radius 2 is 2.11 bits per heavy atom. The van der Waals surface area contributed by atoms with E-state index in [4.69, 9.17) is 22.7 Å². The summed E-state index contributed by atoms with van der Waals surface area (Å²) in [5.41, 5.74) is 7.43. The third-order valence-corrected chi connectivity index (χ3v) is 3.16. The van der Waals surface area contributed by atoms with E-state index in [1.807, 2.05) is 4.68 Å². The number of thiocarbonyl (C=S) groups is 1. The Bertz CT molecular complexity index is 417. The number of methoxy groups -OCH3 is 1. The Balaban J connectivity index is 2.87. The van der Waals surface area contributed by atoms with Gasteiger partial charge in [0.05, 0.1) is 12.3 Å². The van der Waals surface area contributed by atoms with Crippen molar-refractivity contribution in [3.63, 3.8) is 0 Å². The van der Waals surface area contributed by atoms with E-state index in [2.05, 4.69) is 31.1 Å². The maximum atomic E-state index is 5.71. The van der Waals surface area contributed by atoms with E-state index in [1.165, 1.54) is 0 Å². The molecule has 5 nitrogen and oxygen atoms in total. The average molecular weight is 284 g/mol. The summed E-state index contributed by atoms with van der Waals surface area (Å²) < 4.78 is 7.07. The molecule has 0 aliphatic carbocycles. The summed E-state index contributed by atoms with van der Waals surface area (Å²) in [6.45, 7) is 7.99. The van der Waals surface area contributed by atoms with Gasteiger partial charge in [0.1, 0.15) is 10.7 Å². The molecule has 1 heterocycles. The summed E-state index contributed by atoms with van der Waals surface area (Å²) in [6, 6.07) is 0. The van der Waals surface area contributed by atoms with Crippen LogP contribution in [-0.4, -0.2) is 33.7 Å². The maximum absolute atomic E-state index is 5.71. The first kappa shape index (κ1) is 16.0. The summed E-state index contributed by atoms with van der Waals surface area (Å²) in [5.74, 6) is 1.00. The second-order valence-electron chi connectivity index (χ2n) is 5.42.